The molecule has 1 atom stereocenters. The van der Waals surface area contributed by atoms with E-state index in [9.17, 15) is 5.11 Å². The zero-order chi connectivity index (χ0) is 15.0. The van der Waals surface area contributed by atoms with Crippen LogP contribution in [-0.4, -0.2) is 61.0 Å². The number of hydrogen-bond donors (Lipinski definition) is 2. The number of ether oxygens (including phenoxy) is 1. The van der Waals surface area contributed by atoms with E-state index in [4.69, 9.17) is 4.74 Å². The minimum atomic E-state index is -0.377. The molecule has 20 heavy (non-hydrogen) atoms. The molecule has 4 nitrogen and oxygen atoms in total. The van der Waals surface area contributed by atoms with Gasteiger partial charge in [-0.15, -0.1) is 0 Å². The summed E-state index contributed by atoms with van der Waals surface area (Å²) in [6, 6.07) is 1.32. The lowest BCUT2D eigenvalue weighted by Gasteiger charge is -2.36. The predicted octanol–water partition coefficient (Wildman–Crippen LogP) is 2.01. The minimum absolute atomic E-state index is 0.190. The van der Waals surface area contributed by atoms with E-state index in [0.717, 1.165) is 6.54 Å². The fourth-order valence-electron chi connectivity index (χ4n) is 2.91. The van der Waals surface area contributed by atoms with Crippen LogP contribution < -0.4 is 5.32 Å². The van der Waals surface area contributed by atoms with Crippen molar-refractivity contribution in [3.05, 3.63) is 0 Å². The van der Waals surface area contributed by atoms with Crippen LogP contribution in [-0.2, 0) is 4.74 Å². The van der Waals surface area contributed by atoms with Gasteiger partial charge in [0.1, 0.15) is 0 Å². The molecule has 0 bridgehead atoms. The van der Waals surface area contributed by atoms with Gasteiger partial charge in [0, 0.05) is 18.6 Å². The molecule has 1 unspecified atom stereocenters. The number of aliphatic hydroxyl groups excluding tert-OH is 1. The molecule has 4 heteroatoms. The van der Waals surface area contributed by atoms with Crippen molar-refractivity contribution in [2.75, 3.05) is 26.7 Å². The van der Waals surface area contributed by atoms with Gasteiger partial charge >= 0.3 is 0 Å². The fourth-order valence-corrected chi connectivity index (χ4v) is 2.91. The van der Waals surface area contributed by atoms with Gasteiger partial charge in [-0.2, -0.15) is 0 Å². The first-order valence-electron chi connectivity index (χ1n) is 8.26. The SMILES string of the molecule is CCCNC1CCC(N(C)CC(O)COC(C)C)CC1. The Hall–Kier alpha value is -0.160. The molecule has 0 heterocycles. The van der Waals surface area contributed by atoms with Crippen molar-refractivity contribution >= 4 is 0 Å². The van der Waals surface area contributed by atoms with Crippen molar-refractivity contribution in [1.82, 2.24) is 10.2 Å². The van der Waals surface area contributed by atoms with Gasteiger partial charge in [0.2, 0.25) is 0 Å². The number of aliphatic hydroxyl groups is 1. The Labute approximate surface area is 124 Å². The van der Waals surface area contributed by atoms with Gasteiger partial charge in [-0.3, -0.25) is 0 Å². The van der Waals surface area contributed by atoms with Crippen LogP contribution in [0.25, 0.3) is 0 Å². The first-order valence-corrected chi connectivity index (χ1v) is 8.26. The summed E-state index contributed by atoms with van der Waals surface area (Å²) in [7, 11) is 2.13. The van der Waals surface area contributed by atoms with Crippen molar-refractivity contribution < 1.29 is 9.84 Å². The lowest BCUT2D eigenvalue weighted by Crippen LogP contribution is -2.44. The molecule has 0 aromatic carbocycles. The molecule has 1 aliphatic rings. The van der Waals surface area contributed by atoms with Crippen LogP contribution in [0, 0.1) is 0 Å². The van der Waals surface area contributed by atoms with E-state index in [1.807, 2.05) is 13.8 Å². The maximum atomic E-state index is 9.99. The van der Waals surface area contributed by atoms with Crippen LogP contribution in [0.4, 0.5) is 0 Å². The Morgan fingerprint density at radius 3 is 2.45 bits per heavy atom. The zero-order valence-electron chi connectivity index (χ0n) is 13.8. The summed E-state index contributed by atoms with van der Waals surface area (Å²) in [6.07, 6.45) is 6.00. The highest BCUT2D eigenvalue weighted by atomic mass is 16.5. The lowest BCUT2D eigenvalue weighted by molar-refractivity contribution is -0.0126. The van der Waals surface area contributed by atoms with E-state index in [0.29, 0.717) is 25.2 Å². The summed E-state index contributed by atoms with van der Waals surface area (Å²) in [5.41, 5.74) is 0. The number of nitrogens with zero attached hydrogens (tertiary/aromatic N) is 1. The molecule has 2 N–H and O–H groups in total. The van der Waals surface area contributed by atoms with Crippen molar-refractivity contribution in [2.45, 2.75) is 77.2 Å². The summed E-state index contributed by atoms with van der Waals surface area (Å²) < 4.78 is 5.47. The van der Waals surface area contributed by atoms with Crippen molar-refractivity contribution in [3.8, 4) is 0 Å². The number of rotatable bonds is 9. The molecule has 1 rings (SSSR count). The fraction of sp³-hybridized carbons (Fsp3) is 1.00. The first kappa shape index (κ1) is 17.9. The maximum absolute atomic E-state index is 9.99. The molecule has 0 aromatic rings. The van der Waals surface area contributed by atoms with E-state index in [2.05, 4.69) is 24.2 Å². The summed E-state index contributed by atoms with van der Waals surface area (Å²) in [4.78, 5) is 2.31. The number of hydrogen-bond acceptors (Lipinski definition) is 4. The monoisotopic (exact) mass is 286 g/mol. The van der Waals surface area contributed by atoms with Gasteiger partial charge < -0.3 is 20.1 Å². The molecule has 120 valence electrons. The van der Waals surface area contributed by atoms with Crippen molar-refractivity contribution in [3.63, 3.8) is 0 Å². The van der Waals surface area contributed by atoms with Gasteiger partial charge in [-0.25, -0.2) is 0 Å². The Balaban J connectivity index is 2.19. The van der Waals surface area contributed by atoms with E-state index in [1.54, 1.807) is 0 Å². The largest absolute Gasteiger partial charge is 0.389 e. The molecular formula is C16H34N2O2. The maximum Gasteiger partial charge on any atom is 0.0900 e. The second-order valence-corrected chi connectivity index (χ2v) is 6.44. The van der Waals surface area contributed by atoms with E-state index in [1.165, 1.54) is 32.1 Å². The molecule has 0 radical (unpaired) electrons. The molecule has 1 aliphatic carbocycles. The second kappa shape index (κ2) is 9.72. The second-order valence-electron chi connectivity index (χ2n) is 6.44. The van der Waals surface area contributed by atoms with Gasteiger partial charge in [0.05, 0.1) is 18.8 Å². The first-order chi connectivity index (χ1) is 9.52. The van der Waals surface area contributed by atoms with Crippen LogP contribution in [0.15, 0.2) is 0 Å². The van der Waals surface area contributed by atoms with Gasteiger partial charge in [-0.1, -0.05) is 6.92 Å². The van der Waals surface area contributed by atoms with Crippen LogP contribution >= 0.6 is 0 Å². The van der Waals surface area contributed by atoms with Crippen LogP contribution in [0.3, 0.4) is 0 Å². The summed E-state index contributed by atoms with van der Waals surface area (Å²) in [6.45, 7) is 8.51. The third-order valence-corrected chi connectivity index (χ3v) is 4.12. The van der Waals surface area contributed by atoms with E-state index in [-0.39, 0.29) is 12.2 Å². The Bertz CT molecular complexity index is 241. The molecule has 0 aliphatic heterocycles. The number of nitrogens with one attached hydrogen (secondary N) is 1. The van der Waals surface area contributed by atoms with E-state index >= 15 is 0 Å². The van der Waals surface area contributed by atoms with Crippen molar-refractivity contribution in [2.24, 2.45) is 0 Å². The third kappa shape index (κ3) is 7.02. The normalized spacial score (nSPS) is 25.4. The predicted molar refractivity (Wildman–Crippen MR) is 84.1 cm³/mol. The Morgan fingerprint density at radius 2 is 1.90 bits per heavy atom. The van der Waals surface area contributed by atoms with Crippen LogP contribution in [0.5, 0.6) is 0 Å². The summed E-state index contributed by atoms with van der Waals surface area (Å²) in [5, 5.41) is 13.6. The van der Waals surface area contributed by atoms with Gasteiger partial charge in [0.15, 0.2) is 0 Å². The highest BCUT2D eigenvalue weighted by Gasteiger charge is 2.24. The average Bonchev–Trinajstić information content (AvgIpc) is 2.43. The Morgan fingerprint density at radius 1 is 1.25 bits per heavy atom. The molecule has 0 spiro atoms. The summed E-state index contributed by atoms with van der Waals surface area (Å²) in [5.74, 6) is 0. The average molecular weight is 286 g/mol. The zero-order valence-corrected chi connectivity index (χ0v) is 13.8. The summed E-state index contributed by atoms with van der Waals surface area (Å²) >= 11 is 0. The smallest absolute Gasteiger partial charge is 0.0900 e. The van der Waals surface area contributed by atoms with Crippen LogP contribution in [0.2, 0.25) is 0 Å². The molecular weight excluding hydrogens is 252 g/mol. The molecule has 0 aromatic heterocycles. The molecule has 0 amide bonds. The topological polar surface area (TPSA) is 44.7 Å². The Kier molecular flexibility index (Phi) is 8.69. The highest BCUT2D eigenvalue weighted by molar-refractivity contribution is 4.82. The molecule has 1 saturated carbocycles. The lowest BCUT2D eigenvalue weighted by atomic mass is 9.90. The minimum Gasteiger partial charge on any atom is -0.389 e. The van der Waals surface area contributed by atoms with Crippen molar-refractivity contribution in [1.29, 1.82) is 0 Å². The number of likely N-dealkylation sites (N-methyl/N-ethyl adjacent to an activating group) is 1. The van der Waals surface area contributed by atoms with Crippen LogP contribution in [0.1, 0.15) is 52.9 Å². The molecule has 0 saturated heterocycles. The highest BCUT2D eigenvalue weighted by Crippen LogP contribution is 2.22. The van der Waals surface area contributed by atoms with E-state index < -0.39 is 0 Å². The third-order valence-electron chi connectivity index (χ3n) is 4.12. The van der Waals surface area contributed by atoms with Gasteiger partial charge in [-0.05, 0) is 59.5 Å². The standard InChI is InChI=1S/C16H34N2O2/c1-5-10-17-14-6-8-15(9-7-14)18(4)11-16(19)12-20-13(2)3/h13-17,19H,5-12H2,1-4H3. The molecule has 1 fully saturated rings. The quantitative estimate of drug-likeness (QED) is 0.680. The van der Waals surface area contributed by atoms with Gasteiger partial charge in [0.25, 0.3) is 0 Å².